The zero-order chi connectivity index (χ0) is 31.6. The van der Waals surface area contributed by atoms with E-state index in [1.807, 2.05) is 0 Å². The van der Waals surface area contributed by atoms with Gasteiger partial charge in [0.15, 0.2) is 11.5 Å². The second-order valence-corrected chi connectivity index (χ2v) is 8.92. The highest BCUT2D eigenvalue weighted by molar-refractivity contribution is 6.04. The van der Waals surface area contributed by atoms with Gasteiger partial charge in [-0.25, -0.2) is 10.2 Å². The normalized spacial score (nSPS) is 10.5. The fourth-order valence-corrected chi connectivity index (χ4v) is 3.76. The van der Waals surface area contributed by atoms with E-state index < -0.39 is 22.8 Å². The molecule has 2 N–H and O–H groups in total. The number of nitro benzene ring substituents is 1. The van der Waals surface area contributed by atoms with Crippen LogP contribution in [0.5, 0.6) is 17.2 Å². The van der Waals surface area contributed by atoms with E-state index in [1.165, 1.54) is 50.4 Å². The van der Waals surface area contributed by atoms with Crippen LogP contribution in [0, 0.1) is 10.1 Å². The molecule has 0 radical (unpaired) electrons. The van der Waals surface area contributed by atoms with E-state index >= 15 is 0 Å². The number of rotatable bonds is 10. The van der Waals surface area contributed by atoms with Crippen LogP contribution in [0.15, 0.2) is 96.1 Å². The predicted octanol–water partition coefficient (Wildman–Crippen LogP) is 4.76. The average molecular weight is 597 g/mol. The third-order valence-electron chi connectivity index (χ3n) is 5.87. The van der Waals surface area contributed by atoms with Crippen LogP contribution in [0.4, 0.5) is 11.4 Å². The van der Waals surface area contributed by atoms with Crippen LogP contribution in [0.3, 0.4) is 0 Å². The van der Waals surface area contributed by atoms with E-state index in [0.717, 1.165) is 18.3 Å². The van der Waals surface area contributed by atoms with Crippen molar-refractivity contribution in [2.24, 2.45) is 5.10 Å². The molecule has 222 valence electrons. The number of ether oxygens (including phenoxy) is 3. The summed E-state index contributed by atoms with van der Waals surface area (Å²) >= 11 is 0. The van der Waals surface area contributed by atoms with Crippen LogP contribution in [-0.4, -0.2) is 42.0 Å². The summed E-state index contributed by atoms with van der Waals surface area (Å²) in [6.45, 7) is 1.21. The number of nitrogens with one attached hydrogen (secondary N) is 2. The van der Waals surface area contributed by atoms with Gasteiger partial charge >= 0.3 is 11.9 Å². The van der Waals surface area contributed by atoms with Crippen LogP contribution in [0.2, 0.25) is 0 Å². The van der Waals surface area contributed by atoms with Crippen LogP contribution in [0.1, 0.15) is 43.6 Å². The van der Waals surface area contributed by atoms with Crippen LogP contribution in [0.25, 0.3) is 0 Å². The summed E-state index contributed by atoms with van der Waals surface area (Å²) in [7, 11) is 1.33. The Labute approximate surface area is 250 Å². The monoisotopic (exact) mass is 596 g/mol. The van der Waals surface area contributed by atoms with Crippen LogP contribution >= 0.6 is 0 Å². The first kappa shape index (κ1) is 30.6. The molecule has 13 heteroatoms. The number of methoxy groups -OCH3 is 1. The Kier molecular flexibility index (Phi) is 9.73. The Hall–Kier alpha value is -6.37. The fourth-order valence-electron chi connectivity index (χ4n) is 3.76. The van der Waals surface area contributed by atoms with Gasteiger partial charge in [-0.3, -0.25) is 24.5 Å². The molecule has 44 heavy (non-hydrogen) atoms. The highest BCUT2D eigenvalue weighted by Crippen LogP contribution is 2.29. The standard InChI is InChI=1S/C31H24N4O9/c1-19(36)43-27-14-10-22(17-28(27)42-2)31(39)44-26-15-13-25(35(40)41)16-23(26)18-32-34-30(38)21-8-11-24(12-9-21)33-29(37)20-6-4-3-5-7-20/h3-18H,1-2H3,(H,33,37)(H,34,38)/b32-18+. The summed E-state index contributed by atoms with van der Waals surface area (Å²) in [6.07, 6.45) is 1.09. The molecule has 0 spiro atoms. The van der Waals surface area contributed by atoms with Crippen molar-refractivity contribution in [2.75, 3.05) is 12.4 Å². The zero-order valence-corrected chi connectivity index (χ0v) is 23.3. The smallest absolute Gasteiger partial charge is 0.343 e. The molecular formula is C31H24N4O9. The molecule has 0 atom stereocenters. The largest absolute Gasteiger partial charge is 0.493 e. The van der Waals surface area contributed by atoms with Gasteiger partial charge in [-0.2, -0.15) is 5.10 Å². The van der Waals surface area contributed by atoms with Crippen molar-refractivity contribution in [3.05, 3.63) is 123 Å². The van der Waals surface area contributed by atoms with Gasteiger partial charge < -0.3 is 19.5 Å². The molecule has 0 aliphatic heterocycles. The average Bonchev–Trinajstić information content (AvgIpc) is 3.02. The predicted molar refractivity (Wildman–Crippen MR) is 158 cm³/mol. The summed E-state index contributed by atoms with van der Waals surface area (Å²) in [5.41, 5.74) is 3.23. The molecule has 0 saturated heterocycles. The first-order valence-corrected chi connectivity index (χ1v) is 12.8. The van der Waals surface area contributed by atoms with E-state index in [2.05, 4.69) is 15.8 Å². The van der Waals surface area contributed by atoms with Crippen LogP contribution < -0.4 is 25.0 Å². The van der Waals surface area contributed by atoms with Gasteiger partial charge in [0.2, 0.25) is 0 Å². The minimum Gasteiger partial charge on any atom is -0.493 e. The number of non-ortho nitro benzene ring substituents is 1. The van der Waals surface area contributed by atoms with Crippen molar-refractivity contribution < 1.29 is 38.3 Å². The van der Waals surface area contributed by atoms with Crippen LogP contribution in [-0.2, 0) is 4.79 Å². The van der Waals surface area contributed by atoms with Crippen molar-refractivity contribution in [2.45, 2.75) is 6.92 Å². The number of hydrogen-bond acceptors (Lipinski definition) is 10. The fraction of sp³-hybridized carbons (Fsp3) is 0.0645. The Morgan fingerprint density at radius 1 is 0.773 bits per heavy atom. The lowest BCUT2D eigenvalue weighted by Gasteiger charge is -2.11. The Balaban J connectivity index is 1.46. The number of hydrazone groups is 1. The van der Waals surface area contributed by atoms with E-state index in [4.69, 9.17) is 14.2 Å². The van der Waals surface area contributed by atoms with Gasteiger partial charge in [0.1, 0.15) is 5.75 Å². The number of benzene rings is 4. The summed E-state index contributed by atoms with van der Waals surface area (Å²) in [6, 6.07) is 22.2. The molecule has 0 aromatic heterocycles. The molecule has 0 aliphatic rings. The highest BCUT2D eigenvalue weighted by Gasteiger charge is 2.18. The summed E-state index contributed by atoms with van der Waals surface area (Å²) in [5.74, 6) is -2.21. The Morgan fingerprint density at radius 2 is 1.43 bits per heavy atom. The maximum absolute atomic E-state index is 12.9. The van der Waals surface area contributed by atoms with Gasteiger partial charge in [0, 0.05) is 41.4 Å². The third kappa shape index (κ3) is 7.88. The number of amides is 2. The maximum Gasteiger partial charge on any atom is 0.343 e. The molecule has 2 amide bonds. The Morgan fingerprint density at radius 3 is 2.09 bits per heavy atom. The van der Waals surface area contributed by atoms with Crippen molar-refractivity contribution >= 4 is 41.3 Å². The molecule has 0 heterocycles. The number of carbonyl (C=O) groups is 4. The Bertz CT molecular complexity index is 1750. The number of nitrogens with zero attached hydrogens (tertiary/aromatic N) is 2. The SMILES string of the molecule is COc1cc(C(=O)Oc2ccc([N+](=O)[O-])cc2/C=N/NC(=O)c2ccc(NC(=O)c3ccccc3)cc2)ccc1OC(C)=O. The van der Waals surface area contributed by atoms with E-state index in [-0.39, 0.29) is 45.5 Å². The molecule has 13 nitrogen and oxygen atoms in total. The number of esters is 2. The summed E-state index contributed by atoms with van der Waals surface area (Å²) < 4.78 is 15.6. The van der Waals surface area contributed by atoms with Gasteiger partial charge in [-0.05, 0) is 60.7 Å². The molecule has 0 unspecified atom stereocenters. The van der Waals surface area contributed by atoms with Gasteiger partial charge in [-0.1, -0.05) is 18.2 Å². The maximum atomic E-state index is 12.9. The second kappa shape index (κ2) is 14.0. The number of nitro groups is 1. The van der Waals surface area contributed by atoms with Crippen molar-refractivity contribution in [1.29, 1.82) is 0 Å². The number of carbonyl (C=O) groups excluding carboxylic acids is 4. The molecule has 4 aromatic carbocycles. The molecule has 0 aliphatic carbocycles. The minimum absolute atomic E-state index is 0.0234. The van der Waals surface area contributed by atoms with Gasteiger partial charge in [0.25, 0.3) is 17.5 Å². The quantitative estimate of drug-likeness (QED) is 0.0859. The molecular weight excluding hydrogens is 572 g/mol. The number of hydrogen-bond donors (Lipinski definition) is 2. The lowest BCUT2D eigenvalue weighted by atomic mass is 10.1. The molecule has 4 rings (SSSR count). The molecule has 0 saturated carbocycles. The van der Waals surface area contributed by atoms with E-state index in [9.17, 15) is 29.3 Å². The first-order chi connectivity index (χ1) is 21.1. The van der Waals surface area contributed by atoms with Crippen molar-refractivity contribution in [3.63, 3.8) is 0 Å². The first-order valence-electron chi connectivity index (χ1n) is 12.8. The topological polar surface area (TPSA) is 176 Å². The third-order valence-corrected chi connectivity index (χ3v) is 5.87. The lowest BCUT2D eigenvalue weighted by molar-refractivity contribution is -0.384. The van der Waals surface area contributed by atoms with Crippen molar-refractivity contribution in [3.8, 4) is 17.2 Å². The minimum atomic E-state index is -0.843. The lowest BCUT2D eigenvalue weighted by Crippen LogP contribution is -2.18. The second-order valence-electron chi connectivity index (χ2n) is 8.92. The zero-order valence-electron chi connectivity index (χ0n) is 23.3. The van der Waals surface area contributed by atoms with Crippen molar-refractivity contribution in [1.82, 2.24) is 5.43 Å². The summed E-state index contributed by atoms with van der Waals surface area (Å²) in [5, 5.41) is 17.9. The molecule has 4 aromatic rings. The van der Waals surface area contributed by atoms with E-state index in [0.29, 0.717) is 11.3 Å². The van der Waals surface area contributed by atoms with Gasteiger partial charge in [0.05, 0.1) is 23.8 Å². The molecule has 0 fully saturated rings. The molecule has 0 bridgehead atoms. The summed E-state index contributed by atoms with van der Waals surface area (Å²) in [4.78, 5) is 59.8. The van der Waals surface area contributed by atoms with Gasteiger partial charge in [-0.15, -0.1) is 0 Å². The number of anilines is 1. The highest BCUT2D eigenvalue weighted by atomic mass is 16.6. The van der Waals surface area contributed by atoms with E-state index in [1.54, 1.807) is 42.5 Å².